The van der Waals surface area contributed by atoms with Gasteiger partial charge >= 0.3 is 6.09 Å². The molecule has 2 aliphatic rings. The van der Waals surface area contributed by atoms with Crippen molar-refractivity contribution >= 4 is 12.0 Å². The molecule has 0 aromatic rings. The molecule has 0 spiro atoms. The fourth-order valence-electron chi connectivity index (χ4n) is 3.84. The molecule has 1 aliphatic heterocycles. The van der Waals surface area contributed by atoms with Gasteiger partial charge in [-0.25, -0.2) is 4.79 Å². The third-order valence-electron chi connectivity index (χ3n) is 4.86. The second kappa shape index (κ2) is 6.22. The number of likely N-dealkylation sites (tertiary alicyclic amines) is 1. The normalized spacial score (nSPS) is 32.4. The Bertz CT molecular complexity index is 412. The van der Waals surface area contributed by atoms with Crippen molar-refractivity contribution in [3.63, 3.8) is 0 Å². The van der Waals surface area contributed by atoms with E-state index < -0.39 is 12.1 Å². The number of hydrogen-bond acceptors (Lipinski definition) is 4. The molecule has 2 amide bonds. The molecular formula is C15H26N2O4. The summed E-state index contributed by atoms with van der Waals surface area (Å²) in [7, 11) is 1.29. The first-order chi connectivity index (χ1) is 9.90. The van der Waals surface area contributed by atoms with E-state index in [4.69, 9.17) is 0 Å². The van der Waals surface area contributed by atoms with Crippen molar-refractivity contribution in [1.29, 1.82) is 0 Å². The average Bonchev–Trinajstić information content (AvgIpc) is 2.99. The summed E-state index contributed by atoms with van der Waals surface area (Å²) in [5.74, 6) is 0.106. The first kappa shape index (κ1) is 16.1. The summed E-state index contributed by atoms with van der Waals surface area (Å²) < 4.78 is 4.62. The van der Waals surface area contributed by atoms with Crippen molar-refractivity contribution in [2.45, 2.75) is 64.3 Å². The molecule has 2 bridgehead atoms. The summed E-state index contributed by atoms with van der Waals surface area (Å²) in [5, 5.41) is 12.7. The number of amides is 2. The highest BCUT2D eigenvalue weighted by atomic mass is 16.5. The van der Waals surface area contributed by atoms with E-state index in [-0.39, 0.29) is 35.9 Å². The fourth-order valence-corrected chi connectivity index (χ4v) is 3.84. The lowest BCUT2D eigenvalue weighted by Crippen LogP contribution is -2.57. The Balaban J connectivity index is 2.15. The van der Waals surface area contributed by atoms with E-state index >= 15 is 0 Å². The number of rotatable bonds is 4. The number of nitrogens with one attached hydrogen (secondary N) is 1. The Labute approximate surface area is 125 Å². The van der Waals surface area contributed by atoms with Crippen LogP contribution in [-0.4, -0.2) is 53.3 Å². The second-order valence-electron chi connectivity index (χ2n) is 6.44. The van der Waals surface area contributed by atoms with Crippen LogP contribution in [0.1, 0.15) is 40.0 Å². The lowest BCUT2D eigenvalue weighted by atomic mass is 9.92. The zero-order valence-electron chi connectivity index (χ0n) is 13.2. The number of methoxy groups -OCH3 is 1. The van der Waals surface area contributed by atoms with E-state index in [9.17, 15) is 14.7 Å². The van der Waals surface area contributed by atoms with Crippen molar-refractivity contribution in [3.8, 4) is 0 Å². The lowest BCUT2D eigenvalue weighted by Gasteiger charge is -2.39. The molecule has 0 aromatic carbocycles. The van der Waals surface area contributed by atoms with Crippen LogP contribution in [0.5, 0.6) is 0 Å². The van der Waals surface area contributed by atoms with Crippen LogP contribution in [0.3, 0.4) is 0 Å². The maximum atomic E-state index is 12.9. The maximum Gasteiger partial charge on any atom is 0.407 e. The van der Waals surface area contributed by atoms with Gasteiger partial charge in [-0.3, -0.25) is 4.79 Å². The summed E-state index contributed by atoms with van der Waals surface area (Å²) in [6.07, 6.45) is 1.46. The van der Waals surface area contributed by atoms with Crippen LogP contribution in [0.4, 0.5) is 4.79 Å². The minimum absolute atomic E-state index is 0.0156. The molecule has 2 N–H and O–H groups in total. The Kier molecular flexibility index (Phi) is 4.76. The average molecular weight is 298 g/mol. The van der Waals surface area contributed by atoms with Gasteiger partial charge in [-0.15, -0.1) is 0 Å². The monoisotopic (exact) mass is 298 g/mol. The highest BCUT2D eigenvalue weighted by Crippen LogP contribution is 2.44. The molecule has 120 valence electrons. The van der Waals surface area contributed by atoms with Crippen LogP contribution in [0.25, 0.3) is 0 Å². The molecule has 1 heterocycles. The predicted octanol–water partition coefficient (Wildman–Crippen LogP) is 1.13. The number of hydrogen-bond donors (Lipinski definition) is 2. The molecule has 0 unspecified atom stereocenters. The van der Waals surface area contributed by atoms with Gasteiger partial charge < -0.3 is 20.1 Å². The minimum Gasteiger partial charge on any atom is -0.453 e. The van der Waals surface area contributed by atoms with E-state index in [0.717, 1.165) is 12.8 Å². The first-order valence-electron chi connectivity index (χ1n) is 7.75. The highest BCUT2D eigenvalue weighted by Gasteiger charge is 2.53. The number of carbonyl (C=O) groups excluding carboxylic acids is 2. The fraction of sp³-hybridized carbons (Fsp3) is 0.867. The topological polar surface area (TPSA) is 78.9 Å². The van der Waals surface area contributed by atoms with Gasteiger partial charge in [0.25, 0.3) is 0 Å². The minimum atomic E-state index is -0.584. The zero-order valence-corrected chi connectivity index (χ0v) is 13.2. The van der Waals surface area contributed by atoms with Gasteiger partial charge in [0.2, 0.25) is 5.91 Å². The number of aliphatic hydroxyl groups excluding tert-OH is 1. The molecule has 1 aliphatic carbocycles. The van der Waals surface area contributed by atoms with Gasteiger partial charge in [0, 0.05) is 18.0 Å². The third kappa shape index (κ3) is 2.86. The maximum absolute atomic E-state index is 12.9. The van der Waals surface area contributed by atoms with E-state index in [1.807, 2.05) is 25.7 Å². The number of fused-ring (bicyclic) bond motifs is 2. The quantitative estimate of drug-likeness (QED) is 0.815. The molecular weight excluding hydrogens is 272 g/mol. The number of piperidine rings is 1. The summed E-state index contributed by atoms with van der Waals surface area (Å²) in [6, 6.07) is -0.405. The summed E-state index contributed by atoms with van der Waals surface area (Å²) >= 11 is 0. The molecule has 6 nitrogen and oxygen atoms in total. The van der Waals surface area contributed by atoms with Crippen LogP contribution in [-0.2, 0) is 9.53 Å². The van der Waals surface area contributed by atoms with E-state index in [1.165, 1.54) is 7.11 Å². The summed E-state index contributed by atoms with van der Waals surface area (Å²) in [4.78, 5) is 26.2. The van der Waals surface area contributed by atoms with Gasteiger partial charge in [0.1, 0.15) is 6.04 Å². The van der Waals surface area contributed by atoms with Gasteiger partial charge in [0.15, 0.2) is 0 Å². The third-order valence-corrected chi connectivity index (χ3v) is 4.86. The largest absolute Gasteiger partial charge is 0.453 e. The van der Waals surface area contributed by atoms with Crippen molar-refractivity contribution in [2.24, 2.45) is 11.8 Å². The van der Waals surface area contributed by atoms with Crippen molar-refractivity contribution < 1.29 is 19.4 Å². The smallest absolute Gasteiger partial charge is 0.407 e. The predicted molar refractivity (Wildman–Crippen MR) is 77.6 cm³/mol. The Hall–Kier alpha value is -1.30. The molecule has 6 heteroatoms. The molecule has 0 radical (unpaired) electrons. The molecule has 1 saturated heterocycles. The number of ether oxygens (including phenoxy) is 1. The molecule has 5 atom stereocenters. The highest BCUT2D eigenvalue weighted by molar-refractivity contribution is 5.86. The van der Waals surface area contributed by atoms with Crippen molar-refractivity contribution in [3.05, 3.63) is 0 Å². The van der Waals surface area contributed by atoms with Crippen LogP contribution >= 0.6 is 0 Å². The molecule has 1 saturated carbocycles. The molecule has 21 heavy (non-hydrogen) atoms. The van der Waals surface area contributed by atoms with Crippen LogP contribution in [0.2, 0.25) is 0 Å². The van der Waals surface area contributed by atoms with Gasteiger partial charge in [-0.1, -0.05) is 20.8 Å². The number of aliphatic hydroxyl groups is 1. The lowest BCUT2D eigenvalue weighted by molar-refractivity contribution is -0.140. The molecule has 2 rings (SSSR count). The van der Waals surface area contributed by atoms with Crippen LogP contribution < -0.4 is 5.32 Å². The van der Waals surface area contributed by atoms with E-state index in [2.05, 4.69) is 10.1 Å². The molecule has 0 aromatic heterocycles. The van der Waals surface area contributed by atoms with E-state index in [1.54, 1.807) is 0 Å². The van der Waals surface area contributed by atoms with Gasteiger partial charge in [-0.05, 0) is 25.2 Å². The zero-order chi connectivity index (χ0) is 15.7. The first-order valence-corrected chi connectivity index (χ1v) is 7.75. The summed E-state index contributed by atoms with van der Waals surface area (Å²) in [6.45, 7) is 5.85. The number of nitrogens with zero attached hydrogens (tertiary/aromatic N) is 1. The number of carbonyl (C=O) groups is 2. The Morgan fingerprint density at radius 3 is 2.57 bits per heavy atom. The molecule has 2 fully saturated rings. The Morgan fingerprint density at radius 2 is 2.05 bits per heavy atom. The standard InChI is InChI=1S/C15H26N2O4/c1-5-11-10-6-9(7-12(10)18)17(11)14(19)13(8(2)3)16-15(20)21-4/h8-13,18H,5-7H2,1-4H3,(H,16,20)/t9-,10-,11+,12+,13-/m0/s1. The van der Waals surface area contributed by atoms with Gasteiger partial charge in [-0.2, -0.15) is 0 Å². The van der Waals surface area contributed by atoms with E-state index in [0.29, 0.717) is 6.42 Å². The van der Waals surface area contributed by atoms with Gasteiger partial charge in [0.05, 0.1) is 13.2 Å². The van der Waals surface area contributed by atoms with Crippen molar-refractivity contribution in [2.75, 3.05) is 7.11 Å². The van der Waals surface area contributed by atoms with Crippen molar-refractivity contribution in [1.82, 2.24) is 10.2 Å². The summed E-state index contributed by atoms with van der Waals surface area (Å²) in [5.41, 5.74) is 0. The Morgan fingerprint density at radius 1 is 1.38 bits per heavy atom. The SMILES string of the molecule is CC[C@@H]1[C@@H]2C[C@@H](C[C@H]2O)N1C(=O)[C@@H](NC(=O)OC)C(C)C. The second-order valence-corrected chi connectivity index (χ2v) is 6.44. The number of alkyl carbamates (subject to hydrolysis) is 1. The van der Waals surface area contributed by atoms with Crippen LogP contribution in [0.15, 0.2) is 0 Å². The van der Waals surface area contributed by atoms with Crippen LogP contribution in [0, 0.1) is 11.8 Å².